The number of hydrogen-bond acceptors (Lipinski definition) is 1. The Hall–Kier alpha value is -4.82. The summed E-state index contributed by atoms with van der Waals surface area (Å²) < 4.78 is 2.51. The zero-order chi connectivity index (χ0) is 26.1. The van der Waals surface area contributed by atoms with Crippen LogP contribution in [0.2, 0.25) is 0 Å². The summed E-state index contributed by atoms with van der Waals surface area (Å²) in [7, 11) is 0. The molecule has 8 rings (SSSR count). The average molecular weight is 501 g/mol. The van der Waals surface area contributed by atoms with Gasteiger partial charge >= 0.3 is 0 Å². The lowest BCUT2D eigenvalue weighted by atomic mass is 9.74. The largest absolute Gasteiger partial charge is 0.310 e. The molecule has 0 saturated carbocycles. The molecule has 0 bridgehead atoms. The summed E-state index contributed by atoms with van der Waals surface area (Å²) in [6, 6.07) is 48.5. The van der Waals surface area contributed by atoms with Crippen molar-refractivity contribution < 1.29 is 0 Å². The summed E-state index contributed by atoms with van der Waals surface area (Å²) in [6.07, 6.45) is 0. The number of fused-ring (bicyclic) bond motifs is 7. The van der Waals surface area contributed by atoms with Crippen LogP contribution in [0.1, 0.15) is 25.0 Å². The lowest BCUT2D eigenvalue weighted by Crippen LogP contribution is -2.26. The minimum Gasteiger partial charge on any atom is -0.310 e. The van der Waals surface area contributed by atoms with Crippen LogP contribution < -0.4 is 4.90 Å². The molecule has 1 aliphatic rings. The fraction of sp³-hybridized carbons (Fsp3) is 0.0811. The van der Waals surface area contributed by atoms with Crippen LogP contribution in [0.3, 0.4) is 0 Å². The first kappa shape index (κ1) is 22.2. The molecule has 2 heterocycles. The van der Waals surface area contributed by atoms with Crippen molar-refractivity contribution in [2.24, 2.45) is 0 Å². The highest BCUT2D eigenvalue weighted by atomic mass is 15.1. The van der Waals surface area contributed by atoms with E-state index in [2.05, 4.69) is 157 Å². The Morgan fingerprint density at radius 2 is 1.18 bits per heavy atom. The van der Waals surface area contributed by atoms with E-state index in [1.54, 1.807) is 0 Å². The average Bonchev–Trinajstić information content (AvgIpc) is 3.32. The monoisotopic (exact) mass is 500 g/mol. The molecule has 6 aromatic carbocycles. The molecule has 1 aromatic heterocycles. The van der Waals surface area contributed by atoms with Gasteiger partial charge in [0.1, 0.15) is 0 Å². The molecule has 0 aliphatic carbocycles. The van der Waals surface area contributed by atoms with Crippen molar-refractivity contribution in [1.82, 2.24) is 4.57 Å². The predicted molar refractivity (Wildman–Crippen MR) is 165 cm³/mol. The zero-order valence-electron chi connectivity index (χ0n) is 22.1. The molecule has 2 nitrogen and oxygen atoms in total. The molecule has 0 spiro atoms. The molecule has 0 fully saturated rings. The number of anilines is 3. The molecule has 0 saturated heterocycles. The van der Waals surface area contributed by atoms with E-state index in [9.17, 15) is 0 Å². The number of nitrogens with zero attached hydrogens (tertiary/aromatic N) is 2. The van der Waals surface area contributed by atoms with Crippen molar-refractivity contribution in [2.45, 2.75) is 19.3 Å². The molecule has 0 N–H and O–H groups in total. The van der Waals surface area contributed by atoms with Crippen molar-refractivity contribution in [2.75, 3.05) is 4.90 Å². The number of rotatable bonds is 3. The van der Waals surface area contributed by atoms with E-state index in [1.807, 2.05) is 0 Å². The molecular formula is C37H28N2. The van der Waals surface area contributed by atoms with Gasteiger partial charge < -0.3 is 9.47 Å². The highest BCUT2D eigenvalue weighted by Crippen LogP contribution is 2.51. The Bertz CT molecular complexity index is 1990. The second kappa shape index (κ2) is 8.09. The van der Waals surface area contributed by atoms with Crippen molar-refractivity contribution in [3.63, 3.8) is 0 Å². The third-order valence-corrected chi connectivity index (χ3v) is 8.51. The second-order valence-corrected chi connectivity index (χ2v) is 11.1. The topological polar surface area (TPSA) is 8.17 Å². The summed E-state index contributed by atoms with van der Waals surface area (Å²) in [4.78, 5) is 2.39. The first-order valence-corrected chi connectivity index (χ1v) is 13.6. The maximum Gasteiger partial charge on any atom is 0.0583 e. The molecule has 2 heteroatoms. The molecule has 0 unspecified atom stereocenters. The van der Waals surface area contributed by atoms with Crippen molar-refractivity contribution >= 4 is 49.6 Å². The number of hydrogen-bond donors (Lipinski definition) is 0. The van der Waals surface area contributed by atoms with Crippen molar-refractivity contribution in [3.05, 3.63) is 145 Å². The Kier molecular flexibility index (Phi) is 4.60. The summed E-state index contributed by atoms with van der Waals surface area (Å²) in [5, 5.41) is 5.18. The highest BCUT2D eigenvalue weighted by molar-refractivity contribution is 6.23. The van der Waals surface area contributed by atoms with Crippen LogP contribution in [0.15, 0.2) is 133 Å². The molecule has 7 aromatic rings. The summed E-state index contributed by atoms with van der Waals surface area (Å²) in [5.41, 5.74) is 9.87. The first-order chi connectivity index (χ1) is 19.1. The standard InChI is InChI=1S/C37H28N2/c1-37(2)31-19-11-12-20-33(31)39-34-22-21-25-13-9-10-18-29(25)35(34)30-23-28(24-32(37)36(30)39)38(26-14-5-3-6-15-26)27-16-7-4-8-17-27/h3-24H,1-2H3. The van der Waals surface area contributed by atoms with Gasteiger partial charge in [-0.2, -0.15) is 0 Å². The maximum absolute atomic E-state index is 2.51. The van der Waals surface area contributed by atoms with Gasteiger partial charge in [-0.3, -0.25) is 0 Å². The van der Waals surface area contributed by atoms with E-state index < -0.39 is 0 Å². The molecule has 0 radical (unpaired) electrons. The molecule has 0 amide bonds. The third kappa shape index (κ3) is 3.09. The van der Waals surface area contributed by atoms with Crippen LogP contribution >= 0.6 is 0 Å². The quantitative estimate of drug-likeness (QED) is 0.234. The van der Waals surface area contributed by atoms with Gasteiger partial charge in [0.05, 0.1) is 16.7 Å². The van der Waals surface area contributed by atoms with Crippen molar-refractivity contribution in [3.8, 4) is 5.69 Å². The van der Waals surface area contributed by atoms with Gasteiger partial charge in [-0.05, 0) is 70.4 Å². The molecule has 1 aliphatic heterocycles. The third-order valence-electron chi connectivity index (χ3n) is 8.51. The summed E-state index contributed by atoms with van der Waals surface area (Å²) in [5.74, 6) is 0. The lowest BCUT2D eigenvalue weighted by Gasteiger charge is -2.36. The first-order valence-electron chi connectivity index (χ1n) is 13.6. The van der Waals surface area contributed by atoms with Crippen LogP contribution in [0.4, 0.5) is 17.1 Å². The normalized spacial score (nSPS) is 13.6. The summed E-state index contributed by atoms with van der Waals surface area (Å²) in [6.45, 7) is 4.75. The Morgan fingerprint density at radius 3 is 1.92 bits per heavy atom. The van der Waals surface area contributed by atoms with Gasteiger partial charge in [0.15, 0.2) is 0 Å². The summed E-state index contributed by atoms with van der Waals surface area (Å²) >= 11 is 0. The second-order valence-electron chi connectivity index (χ2n) is 11.1. The molecule has 186 valence electrons. The Labute approximate surface area is 228 Å². The van der Waals surface area contributed by atoms with Gasteiger partial charge in [0.25, 0.3) is 0 Å². The molecular weight excluding hydrogens is 472 g/mol. The van der Waals surface area contributed by atoms with Crippen molar-refractivity contribution in [1.29, 1.82) is 0 Å². The van der Waals surface area contributed by atoms with Gasteiger partial charge in [-0.25, -0.2) is 0 Å². The van der Waals surface area contributed by atoms with Crippen LogP contribution in [-0.4, -0.2) is 4.57 Å². The van der Waals surface area contributed by atoms with Crippen LogP contribution in [0.5, 0.6) is 0 Å². The molecule has 0 atom stereocenters. The smallest absolute Gasteiger partial charge is 0.0583 e. The zero-order valence-corrected chi connectivity index (χ0v) is 22.1. The number of benzene rings is 6. The van der Waals surface area contributed by atoms with Gasteiger partial charge in [0.2, 0.25) is 0 Å². The van der Waals surface area contributed by atoms with E-state index >= 15 is 0 Å². The van der Waals surface area contributed by atoms with Crippen LogP contribution in [0, 0.1) is 0 Å². The minimum atomic E-state index is -0.163. The number of para-hydroxylation sites is 3. The number of aromatic nitrogens is 1. The van der Waals surface area contributed by atoms with Gasteiger partial charge in [-0.15, -0.1) is 0 Å². The minimum absolute atomic E-state index is 0.163. The Morgan fingerprint density at radius 1 is 0.538 bits per heavy atom. The van der Waals surface area contributed by atoms with E-state index in [0.717, 1.165) is 11.4 Å². The van der Waals surface area contributed by atoms with E-state index in [1.165, 1.54) is 55.1 Å². The fourth-order valence-corrected chi connectivity index (χ4v) is 6.70. The Balaban J connectivity index is 1.57. The van der Waals surface area contributed by atoms with E-state index in [4.69, 9.17) is 0 Å². The molecule has 39 heavy (non-hydrogen) atoms. The fourth-order valence-electron chi connectivity index (χ4n) is 6.70. The van der Waals surface area contributed by atoms with Crippen LogP contribution in [-0.2, 0) is 5.41 Å². The van der Waals surface area contributed by atoms with E-state index in [0.29, 0.717) is 0 Å². The van der Waals surface area contributed by atoms with Crippen LogP contribution in [0.25, 0.3) is 38.3 Å². The SMILES string of the molecule is CC1(C)c2ccccc2-n2c3ccc4ccccc4c3c3cc(N(c4ccccc4)c4ccccc4)cc1c32. The van der Waals surface area contributed by atoms with Gasteiger partial charge in [-0.1, -0.05) is 98.8 Å². The maximum atomic E-state index is 2.51. The predicted octanol–water partition coefficient (Wildman–Crippen LogP) is 10.0. The highest BCUT2D eigenvalue weighted by Gasteiger charge is 2.36. The van der Waals surface area contributed by atoms with Gasteiger partial charge in [0, 0.05) is 33.2 Å². The lowest BCUT2D eigenvalue weighted by molar-refractivity contribution is 0.630. The van der Waals surface area contributed by atoms with E-state index in [-0.39, 0.29) is 5.41 Å².